The average molecular weight is 601 g/mol. The van der Waals surface area contributed by atoms with Crippen LogP contribution in [-0.4, -0.2) is 81.9 Å². The molecule has 4 rings (SSSR count). The van der Waals surface area contributed by atoms with Gasteiger partial charge in [0.15, 0.2) is 0 Å². The topological polar surface area (TPSA) is 167 Å². The summed E-state index contributed by atoms with van der Waals surface area (Å²) in [5, 5.41) is 42.7. The Balaban J connectivity index is 1.42. The van der Waals surface area contributed by atoms with E-state index in [2.05, 4.69) is 32.7 Å². The molecule has 216 valence electrons. The van der Waals surface area contributed by atoms with Crippen molar-refractivity contribution in [1.29, 1.82) is 5.26 Å². The van der Waals surface area contributed by atoms with Crippen molar-refractivity contribution in [2.24, 2.45) is 4.99 Å². The number of nitriles is 1. The number of likely N-dealkylation sites (tertiary alicyclic amines) is 1. The standard InChI is InChI=1S/C28H31Cl2N7O4/c1-16(17-2-3-18-10-34-36-25(18)9-17)6-20(13-38)19-7-23(29)26(24(30)8-19)27(41)35-21(14-39)11-32-28(33-15-31)37-5-4-22(40)12-37/h2-3,7-10,14,16,20-22,38,40H,4-6,11-13H2,1H3,(H,32,33)(H,34,36)(H,35,41)/t16?,20?,21-,22-/m0/s1. The number of hydrogen-bond acceptors (Lipinski definition) is 7. The Labute approximate surface area is 247 Å². The highest BCUT2D eigenvalue weighted by molar-refractivity contribution is 6.39. The highest BCUT2D eigenvalue weighted by atomic mass is 35.5. The van der Waals surface area contributed by atoms with Crippen LogP contribution < -0.4 is 10.6 Å². The summed E-state index contributed by atoms with van der Waals surface area (Å²) in [5.41, 5.74) is 2.72. The normalized spacial score (nSPS) is 17.6. The molecule has 1 saturated heterocycles. The van der Waals surface area contributed by atoms with E-state index in [0.29, 0.717) is 37.8 Å². The summed E-state index contributed by atoms with van der Waals surface area (Å²) in [6.07, 6.45) is 4.61. The molecule has 0 spiro atoms. The first-order chi connectivity index (χ1) is 19.7. The van der Waals surface area contributed by atoms with Crippen molar-refractivity contribution in [2.45, 2.75) is 43.7 Å². The van der Waals surface area contributed by atoms with Crippen molar-refractivity contribution < 1.29 is 19.8 Å². The molecule has 2 aromatic carbocycles. The van der Waals surface area contributed by atoms with Gasteiger partial charge in [-0.1, -0.05) is 42.3 Å². The number of aromatic amines is 1. The summed E-state index contributed by atoms with van der Waals surface area (Å²) >= 11 is 13.0. The summed E-state index contributed by atoms with van der Waals surface area (Å²) < 4.78 is 0. The van der Waals surface area contributed by atoms with Crippen LogP contribution in [-0.2, 0) is 4.79 Å². The molecule has 13 heteroatoms. The predicted octanol–water partition coefficient (Wildman–Crippen LogP) is 2.93. The lowest BCUT2D eigenvalue weighted by Crippen LogP contribution is -2.48. The van der Waals surface area contributed by atoms with Crippen molar-refractivity contribution in [2.75, 3.05) is 26.2 Å². The van der Waals surface area contributed by atoms with Crippen LogP contribution in [0.2, 0.25) is 10.0 Å². The van der Waals surface area contributed by atoms with Gasteiger partial charge in [-0.05, 0) is 48.1 Å². The quantitative estimate of drug-likeness (QED) is 0.103. The number of aliphatic hydroxyl groups is 2. The fraction of sp³-hybridized carbons (Fsp3) is 0.393. The Morgan fingerprint density at radius 2 is 2.07 bits per heavy atom. The van der Waals surface area contributed by atoms with E-state index >= 15 is 0 Å². The zero-order valence-electron chi connectivity index (χ0n) is 22.3. The zero-order chi connectivity index (χ0) is 29.5. The third-order valence-electron chi connectivity index (χ3n) is 7.24. The lowest BCUT2D eigenvalue weighted by molar-refractivity contribution is -0.109. The van der Waals surface area contributed by atoms with Crippen LogP contribution in [0.25, 0.3) is 10.9 Å². The molecule has 5 N–H and O–H groups in total. The monoisotopic (exact) mass is 599 g/mol. The Morgan fingerprint density at radius 3 is 2.71 bits per heavy atom. The summed E-state index contributed by atoms with van der Waals surface area (Å²) in [4.78, 5) is 30.2. The Bertz CT molecular complexity index is 1450. The van der Waals surface area contributed by atoms with Gasteiger partial charge >= 0.3 is 0 Å². The number of aromatic nitrogens is 2. The van der Waals surface area contributed by atoms with Crippen molar-refractivity contribution in [3.05, 3.63) is 63.3 Å². The predicted molar refractivity (Wildman–Crippen MR) is 156 cm³/mol. The molecule has 41 heavy (non-hydrogen) atoms. The number of carbonyl (C=O) groups is 2. The number of aldehydes is 1. The highest BCUT2D eigenvalue weighted by Crippen LogP contribution is 2.35. The molecule has 1 fully saturated rings. The van der Waals surface area contributed by atoms with E-state index in [1.807, 2.05) is 18.2 Å². The molecule has 1 amide bonds. The zero-order valence-corrected chi connectivity index (χ0v) is 23.9. The Morgan fingerprint density at radius 1 is 1.32 bits per heavy atom. The van der Waals surface area contributed by atoms with Crippen LogP contribution in [0.4, 0.5) is 0 Å². The molecule has 1 aromatic heterocycles. The van der Waals surface area contributed by atoms with E-state index in [1.54, 1.807) is 29.4 Å². The van der Waals surface area contributed by atoms with Gasteiger partial charge in [-0.3, -0.25) is 9.89 Å². The molecule has 0 bridgehead atoms. The Kier molecular flexibility index (Phi) is 10.2. The maximum absolute atomic E-state index is 13.1. The van der Waals surface area contributed by atoms with Crippen LogP contribution >= 0.6 is 23.2 Å². The second-order valence-corrected chi connectivity index (χ2v) is 10.9. The molecule has 11 nitrogen and oxygen atoms in total. The summed E-state index contributed by atoms with van der Waals surface area (Å²) in [6, 6.07) is 8.31. The van der Waals surface area contributed by atoms with Crippen LogP contribution in [0.15, 0.2) is 41.5 Å². The largest absolute Gasteiger partial charge is 0.396 e. The smallest absolute Gasteiger partial charge is 0.254 e. The van der Waals surface area contributed by atoms with Crippen molar-refractivity contribution in [3.63, 3.8) is 0 Å². The number of amides is 1. The number of nitrogens with zero attached hydrogens (tertiary/aromatic N) is 4. The van der Waals surface area contributed by atoms with Crippen molar-refractivity contribution >= 4 is 52.3 Å². The van der Waals surface area contributed by atoms with E-state index in [1.165, 1.54) is 0 Å². The molecule has 1 aliphatic rings. The van der Waals surface area contributed by atoms with E-state index in [0.717, 1.165) is 16.5 Å². The van der Waals surface area contributed by atoms with Gasteiger partial charge in [0.05, 0.1) is 33.4 Å². The number of hydrogen-bond donors (Lipinski definition) is 5. The molecular formula is C28H31Cl2N7O4. The molecule has 1 aliphatic heterocycles. The van der Waals surface area contributed by atoms with Gasteiger partial charge in [-0.15, -0.1) is 4.99 Å². The summed E-state index contributed by atoms with van der Waals surface area (Å²) in [7, 11) is 0. The molecule has 0 radical (unpaired) electrons. The number of H-pyrrole nitrogens is 1. The van der Waals surface area contributed by atoms with Gasteiger partial charge in [0.2, 0.25) is 12.2 Å². The van der Waals surface area contributed by atoms with Gasteiger partial charge in [0.1, 0.15) is 12.3 Å². The number of benzene rings is 2. The number of carbonyl (C=O) groups excluding carboxylic acids is 2. The number of halogens is 2. The minimum Gasteiger partial charge on any atom is -0.396 e. The maximum atomic E-state index is 13.1. The first-order valence-corrected chi connectivity index (χ1v) is 13.9. The maximum Gasteiger partial charge on any atom is 0.254 e. The number of aliphatic hydroxyl groups excluding tert-OH is 2. The van der Waals surface area contributed by atoms with Gasteiger partial charge in [-0.25, -0.2) is 0 Å². The molecule has 3 aromatic rings. The fourth-order valence-corrected chi connectivity index (χ4v) is 5.64. The SMILES string of the molecule is CC(CC(CO)c1cc(Cl)c(C(=O)N[C@H](C=O)CN/C(=N\C#N)N2CC[C@H](O)C2)c(Cl)c1)c1ccc2cn[nH]c2c1. The third kappa shape index (κ3) is 7.34. The van der Waals surface area contributed by atoms with Crippen LogP contribution in [0.5, 0.6) is 0 Å². The molecule has 2 heterocycles. The van der Waals surface area contributed by atoms with E-state index < -0.39 is 18.1 Å². The first kappa shape index (κ1) is 30.3. The van der Waals surface area contributed by atoms with Crippen molar-refractivity contribution in [1.82, 2.24) is 25.7 Å². The molecular weight excluding hydrogens is 569 g/mol. The van der Waals surface area contributed by atoms with Gasteiger partial charge < -0.3 is 30.5 Å². The third-order valence-corrected chi connectivity index (χ3v) is 7.83. The van der Waals surface area contributed by atoms with Crippen molar-refractivity contribution in [3.8, 4) is 6.19 Å². The second-order valence-electron chi connectivity index (χ2n) is 10.1. The number of nitrogens with one attached hydrogen (secondary N) is 3. The number of aliphatic imine (C=N–C) groups is 1. The lowest BCUT2D eigenvalue weighted by atomic mass is 9.86. The van der Waals surface area contributed by atoms with E-state index in [-0.39, 0.29) is 46.6 Å². The molecule has 0 aliphatic carbocycles. The van der Waals surface area contributed by atoms with Gasteiger partial charge in [0, 0.05) is 37.5 Å². The van der Waals surface area contributed by atoms with Gasteiger partial charge in [0.25, 0.3) is 5.91 Å². The minimum atomic E-state index is -0.982. The average Bonchev–Trinajstić information content (AvgIpc) is 3.61. The van der Waals surface area contributed by atoms with Crippen LogP contribution in [0.3, 0.4) is 0 Å². The molecule has 0 saturated carbocycles. The molecule has 2 unspecified atom stereocenters. The number of guanidine groups is 1. The van der Waals surface area contributed by atoms with E-state index in [9.17, 15) is 19.8 Å². The summed E-state index contributed by atoms with van der Waals surface area (Å²) in [5.74, 6) is -0.634. The van der Waals surface area contributed by atoms with Crippen LogP contribution in [0, 0.1) is 11.5 Å². The second kappa shape index (κ2) is 13.8. The Hall–Kier alpha value is -3.69. The van der Waals surface area contributed by atoms with Crippen LogP contribution in [0.1, 0.15) is 53.1 Å². The van der Waals surface area contributed by atoms with E-state index in [4.69, 9.17) is 28.5 Å². The number of rotatable bonds is 10. The summed E-state index contributed by atoms with van der Waals surface area (Å²) in [6.45, 7) is 2.67. The number of fused-ring (bicyclic) bond motifs is 1. The van der Waals surface area contributed by atoms with Gasteiger partial charge in [-0.2, -0.15) is 10.4 Å². The first-order valence-electron chi connectivity index (χ1n) is 13.2. The molecule has 4 atom stereocenters. The fourth-order valence-electron chi connectivity index (χ4n) is 4.96. The minimum absolute atomic E-state index is 0.00643. The number of β-amino-alcohol motifs (C(OH)–C–C–N with tert-alkyl or cyclic N) is 1. The lowest BCUT2D eigenvalue weighted by Gasteiger charge is -2.23. The highest BCUT2D eigenvalue weighted by Gasteiger charge is 2.26.